The van der Waals surface area contributed by atoms with Crippen molar-refractivity contribution in [1.82, 2.24) is 15.1 Å². The third kappa shape index (κ3) is 2.46. The smallest absolute Gasteiger partial charge is 0.160 e. The minimum Gasteiger partial charge on any atom is -0.493 e. The van der Waals surface area contributed by atoms with Gasteiger partial charge in [-0.3, -0.25) is 4.68 Å². The summed E-state index contributed by atoms with van der Waals surface area (Å²) in [5.41, 5.74) is 1.27. The Morgan fingerprint density at radius 1 is 1.53 bits per heavy atom. The van der Waals surface area contributed by atoms with Crippen LogP contribution in [-0.2, 0) is 0 Å². The molecule has 0 amide bonds. The Hall–Kier alpha value is -1.03. The fourth-order valence-electron chi connectivity index (χ4n) is 2.69. The molecule has 1 aromatic rings. The van der Waals surface area contributed by atoms with Gasteiger partial charge in [-0.2, -0.15) is 5.10 Å². The Bertz CT molecular complexity index is 373. The number of hydrogen-bond acceptors (Lipinski definition) is 3. The van der Waals surface area contributed by atoms with Crippen molar-refractivity contribution < 1.29 is 4.74 Å². The molecule has 0 bridgehead atoms. The SMILES string of the molecule is COc1cnn(C(C)C)c1C1CCNC(C)C1. The number of aromatic nitrogens is 2. The van der Waals surface area contributed by atoms with Crippen molar-refractivity contribution in [1.29, 1.82) is 0 Å². The minimum absolute atomic E-state index is 0.388. The molecule has 0 aliphatic carbocycles. The molecule has 0 radical (unpaired) electrons. The second-order valence-electron chi connectivity index (χ2n) is 5.21. The summed E-state index contributed by atoms with van der Waals surface area (Å²) in [7, 11) is 1.73. The second kappa shape index (κ2) is 5.08. The molecule has 0 aromatic carbocycles. The molecule has 1 aromatic heterocycles. The Morgan fingerprint density at radius 2 is 2.29 bits per heavy atom. The lowest BCUT2D eigenvalue weighted by atomic mass is 9.90. The van der Waals surface area contributed by atoms with Gasteiger partial charge >= 0.3 is 0 Å². The van der Waals surface area contributed by atoms with Crippen LogP contribution >= 0.6 is 0 Å². The number of hydrogen-bond donors (Lipinski definition) is 1. The van der Waals surface area contributed by atoms with Gasteiger partial charge in [0.15, 0.2) is 5.75 Å². The fourth-order valence-corrected chi connectivity index (χ4v) is 2.69. The van der Waals surface area contributed by atoms with E-state index in [4.69, 9.17) is 4.74 Å². The third-order valence-electron chi connectivity index (χ3n) is 3.52. The van der Waals surface area contributed by atoms with Crippen LogP contribution in [0.3, 0.4) is 0 Å². The van der Waals surface area contributed by atoms with Gasteiger partial charge in [0.1, 0.15) is 0 Å². The van der Waals surface area contributed by atoms with Gasteiger partial charge in [0.25, 0.3) is 0 Å². The maximum atomic E-state index is 5.46. The van der Waals surface area contributed by atoms with Gasteiger partial charge in [0.2, 0.25) is 0 Å². The lowest BCUT2D eigenvalue weighted by Crippen LogP contribution is -2.35. The van der Waals surface area contributed by atoms with Crippen LogP contribution in [0.4, 0.5) is 0 Å². The molecular formula is C13H23N3O. The lowest BCUT2D eigenvalue weighted by molar-refractivity contribution is 0.340. The van der Waals surface area contributed by atoms with Crippen LogP contribution in [0.5, 0.6) is 5.75 Å². The van der Waals surface area contributed by atoms with E-state index in [0.717, 1.165) is 18.7 Å². The van der Waals surface area contributed by atoms with E-state index in [1.165, 1.54) is 12.1 Å². The standard InChI is InChI=1S/C13H23N3O/c1-9(2)16-13(12(17-4)8-15-16)11-5-6-14-10(3)7-11/h8-11,14H,5-7H2,1-4H3. The van der Waals surface area contributed by atoms with Crippen LogP contribution in [0.25, 0.3) is 0 Å². The first-order chi connectivity index (χ1) is 8.13. The highest BCUT2D eigenvalue weighted by Crippen LogP contribution is 2.35. The highest BCUT2D eigenvalue weighted by atomic mass is 16.5. The van der Waals surface area contributed by atoms with Crippen molar-refractivity contribution in [3.05, 3.63) is 11.9 Å². The summed E-state index contributed by atoms with van der Waals surface area (Å²) < 4.78 is 7.57. The molecule has 2 rings (SSSR count). The molecule has 1 saturated heterocycles. The van der Waals surface area contributed by atoms with E-state index in [1.807, 2.05) is 6.20 Å². The van der Waals surface area contributed by atoms with Crippen LogP contribution < -0.4 is 10.1 Å². The highest BCUT2D eigenvalue weighted by molar-refractivity contribution is 5.29. The molecule has 96 valence electrons. The van der Waals surface area contributed by atoms with Gasteiger partial charge in [-0.1, -0.05) is 0 Å². The Labute approximate surface area is 103 Å². The summed E-state index contributed by atoms with van der Waals surface area (Å²) in [6.07, 6.45) is 4.18. The summed E-state index contributed by atoms with van der Waals surface area (Å²) in [4.78, 5) is 0. The summed E-state index contributed by atoms with van der Waals surface area (Å²) in [6.45, 7) is 7.66. The molecule has 2 unspecified atom stereocenters. The molecule has 1 aliphatic rings. The number of ether oxygens (including phenoxy) is 1. The van der Waals surface area contributed by atoms with Gasteiger partial charge in [0.05, 0.1) is 19.0 Å². The topological polar surface area (TPSA) is 39.1 Å². The predicted molar refractivity (Wildman–Crippen MR) is 68.6 cm³/mol. The third-order valence-corrected chi connectivity index (χ3v) is 3.52. The van der Waals surface area contributed by atoms with Gasteiger partial charge in [0, 0.05) is 18.0 Å². The average Bonchev–Trinajstić information content (AvgIpc) is 2.72. The largest absolute Gasteiger partial charge is 0.493 e. The molecular weight excluding hydrogens is 214 g/mol. The Kier molecular flexibility index (Phi) is 3.72. The average molecular weight is 237 g/mol. The molecule has 4 nitrogen and oxygen atoms in total. The number of rotatable bonds is 3. The van der Waals surface area contributed by atoms with Gasteiger partial charge in [-0.25, -0.2) is 0 Å². The minimum atomic E-state index is 0.388. The van der Waals surface area contributed by atoms with Crippen LogP contribution in [0.15, 0.2) is 6.20 Å². The van der Waals surface area contributed by atoms with Crippen molar-refractivity contribution in [2.45, 2.75) is 51.6 Å². The molecule has 0 spiro atoms. The molecule has 2 heterocycles. The number of nitrogens with zero attached hydrogens (tertiary/aromatic N) is 2. The summed E-state index contributed by atoms with van der Waals surface area (Å²) >= 11 is 0. The van der Waals surface area contributed by atoms with E-state index < -0.39 is 0 Å². The predicted octanol–water partition coefficient (Wildman–Crippen LogP) is 2.33. The zero-order valence-electron chi connectivity index (χ0n) is 11.2. The van der Waals surface area contributed by atoms with Crippen molar-refractivity contribution in [3.8, 4) is 5.75 Å². The maximum Gasteiger partial charge on any atom is 0.160 e. The van der Waals surface area contributed by atoms with Gasteiger partial charge in [-0.05, 0) is 40.2 Å². The first-order valence-electron chi connectivity index (χ1n) is 6.48. The van der Waals surface area contributed by atoms with Crippen molar-refractivity contribution in [2.24, 2.45) is 0 Å². The number of piperidine rings is 1. The quantitative estimate of drug-likeness (QED) is 0.877. The molecule has 4 heteroatoms. The Balaban J connectivity index is 2.31. The van der Waals surface area contributed by atoms with Gasteiger partial charge in [-0.15, -0.1) is 0 Å². The molecule has 1 fully saturated rings. The van der Waals surface area contributed by atoms with E-state index in [1.54, 1.807) is 7.11 Å². The van der Waals surface area contributed by atoms with Crippen LogP contribution in [0.1, 0.15) is 51.3 Å². The Morgan fingerprint density at radius 3 is 2.88 bits per heavy atom. The van der Waals surface area contributed by atoms with E-state index in [-0.39, 0.29) is 0 Å². The van der Waals surface area contributed by atoms with Crippen LogP contribution in [0.2, 0.25) is 0 Å². The van der Waals surface area contributed by atoms with E-state index in [2.05, 4.69) is 35.9 Å². The van der Waals surface area contributed by atoms with Crippen molar-refractivity contribution >= 4 is 0 Å². The molecule has 17 heavy (non-hydrogen) atoms. The summed E-state index contributed by atoms with van der Waals surface area (Å²) in [6, 6.07) is 0.966. The molecule has 1 N–H and O–H groups in total. The second-order valence-corrected chi connectivity index (χ2v) is 5.21. The van der Waals surface area contributed by atoms with Gasteiger partial charge < -0.3 is 10.1 Å². The number of methoxy groups -OCH3 is 1. The van der Waals surface area contributed by atoms with Crippen LogP contribution in [0, 0.1) is 0 Å². The zero-order chi connectivity index (χ0) is 12.4. The monoisotopic (exact) mass is 237 g/mol. The first kappa shape index (κ1) is 12.4. The normalized spacial score (nSPS) is 25.2. The van der Waals surface area contributed by atoms with Crippen LogP contribution in [-0.4, -0.2) is 29.5 Å². The van der Waals surface area contributed by atoms with Crippen molar-refractivity contribution in [3.63, 3.8) is 0 Å². The summed E-state index contributed by atoms with van der Waals surface area (Å²) in [5, 5.41) is 7.95. The van der Waals surface area contributed by atoms with E-state index in [0.29, 0.717) is 18.0 Å². The first-order valence-corrected chi connectivity index (χ1v) is 6.48. The zero-order valence-corrected chi connectivity index (χ0v) is 11.2. The fraction of sp³-hybridized carbons (Fsp3) is 0.769. The van der Waals surface area contributed by atoms with Crippen molar-refractivity contribution in [2.75, 3.05) is 13.7 Å². The maximum absolute atomic E-state index is 5.46. The summed E-state index contributed by atoms with van der Waals surface area (Å²) in [5.74, 6) is 1.50. The van der Waals surface area contributed by atoms with E-state index >= 15 is 0 Å². The molecule has 1 aliphatic heterocycles. The van der Waals surface area contributed by atoms with E-state index in [9.17, 15) is 0 Å². The highest BCUT2D eigenvalue weighted by Gasteiger charge is 2.27. The lowest BCUT2D eigenvalue weighted by Gasteiger charge is -2.29. The molecule has 2 atom stereocenters. The number of nitrogens with one attached hydrogen (secondary N) is 1. The molecule has 0 saturated carbocycles.